The molecule has 0 unspecified atom stereocenters. The van der Waals surface area contributed by atoms with Gasteiger partial charge in [0.2, 0.25) is 0 Å². The van der Waals surface area contributed by atoms with Crippen molar-refractivity contribution in [2.45, 2.75) is 59.3 Å². The van der Waals surface area contributed by atoms with Gasteiger partial charge in [0.1, 0.15) is 5.75 Å². The van der Waals surface area contributed by atoms with E-state index in [2.05, 4.69) is 168 Å². The number of aryl methyl sites for hydroxylation is 2. The van der Waals surface area contributed by atoms with Crippen LogP contribution in [-0.2, 0) is 11.8 Å². The molecule has 0 aliphatic heterocycles. The zero-order chi connectivity index (χ0) is 40.8. The Kier molecular flexibility index (Phi) is 9.77. The van der Waals surface area contributed by atoms with Crippen molar-refractivity contribution in [3.63, 3.8) is 0 Å². The Labute approximate surface area is 348 Å². The summed E-state index contributed by atoms with van der Waals surface area (Å²) in [7, 11) is 0. The van der Waals surface area contributed by atoms with E-state index < -0.39 is 0 Å². The van der Waals surface area contributed by atoms with E-state index in [1.54, 1.807) is 0 Å². The molecule has 0 amide bonds. The van der Waals surface area contributed by atoms with Crippen molar-refractivity contribution in [2.75, 3.05) is 4.90 Å². The number of benzene rings is 8. The van der Waals surface area contributed by atoms with Gasteiger partial charge in [-0.1, -0.05) is 144 Å². The first-order valence-electron chi connectivity index (χ1n) is 20.8. The topological polar surface area (TPSA) is 29.5 Å². The summed E-state index contributed by atoms with van der Waals surface area (Å²) in [6, 6.07) is 59.9. The van der Waals surface area contributed by atoms with Crippen LogP contribution in [0.15, 0.2) is 170 Å². The third-order valence-electron chi connectivity index (χ3n) is 12.3. The molecule has 3 heteroatoms. The monoisotopic (exact) mass is 767 g/mol. The van der Waals surface area contributed by atoms with Crippen LogP contribution < -0.4 is 9.64 Å². The van der Waals surface area contributed by atoms with E-state index in [1.807, 2.05) is 48.5 Å². The summed E-state index contributed by atoms with van der Waals surface area (Å²) in [5.41, 5.74) is 17.3. The lowest BCUT2D eigenvalue weighted by atomic mass is 9.82. The third kappa shape index (κ3) is 7.01. The van der Waals surface area contributed by atoms with Gasteiger partial charge in [-0.3, -0.25) is 0 Å². The van der Waals surface area contributed by atoms with Gasteiger partial charge in [0.05, 0.1) is 5.56 Å². The van der Waals surface area contributed by atoms with Crippen LogP contribution in [0.1, 0.15) is 78.7 Å². The molecule has 8 aromatic rings. The van der Waals surface area contributed by atoms with Gasteiger partial charge in [-0.15, -0.1) is 0 Å². The van der Waals surface area contributed by atoms with Crippen molar-refractivity contribution < 1.29 is 9.53 Å². The van der Waals surface area contributed by atoms with Crippen molar-refractivity contribution >= 4 is 33.8 Å². The summed E-state index contributed by atoms with van der Waals surface area (Å²) in [5.74, 6) is 0.603. The standard InChI is InChI=1S/C56H49NO2/c1-7-38-16-21-43(36(2)3)34-52(38)41-24-29-48(30-25-41)59-55(58)42-19-17-39(18-20-42)40-22-26-45(27-23-40)57(47-32-37(4)49-13-9-8-12-44(49)33-47)46-28-31-51-50-14-10-11-15-53(50)56(5,6)54(51)35-46/h8-36H,7H2,1-6H3. The molecule has 0 saturated heterocycles. The molecule has 0 spiro atoms. The number of esters is 1. The molecule has 1 aliphatic carbocycles. The minimum Gasteiger partial charge on any atom is -0.423 e. The fraction of sp³-hybridized carbons (Fsp3) is 0.161. The highest BCUT2D eigenvalue weighted by Gasteiger charge is 2.35. The van der Waals surface area contributed by atoms with Crippen LogP contribution in [0.2, 0.25) is 0 Å². The van der Waals surface area contributed by atoms with Gasteiger partial charge in [0, 0.05) is 22.5 Å². The van der Waals surface area contributed by atoms with Crippen molar-refractivity contribution in [1.29, 1.82) is 0 Å². The number of carbonyl (C=O) groups excluding carboxylic acids is 1. The zero-order valence-electron chi connectivity index (χ0n) is 34.7. The average Bonchev–Trinajstić information content (AvgIpc) is 3.49. The summed E-state index contributed by atoms with van der Waals surface area (Å²) in [6.07, 6.45) is 0.956. The van der Waals surface area contributed by atoms with Crippen molar-refractivity contribution in [3.05, 3.63) is 203 Å². The fourth-order valence-corrected chi connectivity index (χ4v) is 8.89. The quantitative estimate of drug-likeness (QED) is 0.108. The molecule has 0 heterocycles. The van der Waals surface area contributed by atoms with Gasteiger partial charge >= 0.3 is 5.97 Å². The van der Waals surface area contributed by atoms with Crippen LogP contribution in [-0.4, -0.2) is 5.97 Å². The minimum atomic E-state index is -0.377. The summed E-state index contributed by atoms with van der Waals surface area (Å²) in [5, 5.41) is 2.47. The maximum absolute atomic E-state index is 13.3. The van der Waals surface area contributed by atoms with Crippen LogP contribution in [0.25, 0.3) is 44.2 Å². The number of hydrogen-bond acceptors (Lipinski definition) is 3. The number of rotatable bonds is 9. The summed E-state index contributed by atoms with van der Waals surface area (Å²) >= 11 is 0. The molecule has 0 radical (unpaired) electrons. The second-order valence-electron chi connectivity index (χ2n) is 16.7. The van der Waals surface area contributed by atoms with E-state index in [1.165, 1.54) is 55.3 Å². The second kappa shape index (κ2) is 15.2. The number of carbonyl (C=O) groups is 1. The number of anilines is 3. The first-order chi connectivity index (χ1) is 28.6. The van der Waals surface area contributed by atoms with Crippen LogP contribution in [0.4, 0.5) is 17.1 Å². The fourth-order valence-electron chi connectivity index (χ4n) is 8.89. The van der Waals surface area contributed by atoms with Crippen LogP contribution in [0.5, 0.6) is 5.75 Å². The Morgan fingerprint density at radius 1 is 0.593 bits per heavy atom. The van der Waals surface area contributed by atoms with Gasteiger partial charge in [0.25, 0.3) is 0 Å². The number of fused-ring (bicyclic) bond motifs is 4. The van der Waals surface area contributed by atoms with Crippen molar-refractivity contribution in [1.82, 2.24) is 0 Å². The van der Waals surface area contributed by atoms with Crippen LogP contribution >= 0.6 is 0 Å². The van der Waals surface area contributed by atoms with Crippen LogP contribution in [0.3, 0.4) is 0 Å². The van der Waals surface area contributed by atoms with Gasteiger partial charge in [0.15, 0.2) is 0 Å². The molecule has 1 aliphatic rings. The largest absolute Gasteiger partial charge is 0.423 e. The van der Waals surface area contributed by atoms with Crippen LogP contribution in [0, 0.1) is 6.92 Å². The average molecular weight is 768 g/mol. The molecule has 8 aromatic carbocycles. The Balaban J connectivity index is 0.977. The minimum absolute atomic E-state index is 0.112. The summed E-state index contributed by atoms with van der Waals surface area (Å²) in [4.78, 5) is 15.7. The highest BCUT2D eigenvalue weighted by molar-refractivity contribution is 5.94. The molecular weight excluding hydrogens is 719 g/mol. The van der Waals surface area contributed by atoms with Gasteiger partial charge < -0.3 is 9.64 Å². The van der Waals surface area contributed by atoms with E-state index in [4.69, 9.17) is 4.74 Å². The molecule has 0 fully saturated rings. The van der Waals surface area contributed by atoms with E-state index in [0.29, 0.717) is 17.2 Å². The Morgan fingerprint density at radius 2 is 1.24 bits per heavy atom. The Bertz CT molecular complexity index is 2850. The molecule has 59 heavy (non-hydrogen) atoms. The molecule has 0 atom stereocenters. The maximum atomic E-state index is 13.3. The van der Waals surface area contributed by atoms with E-state index in [-0.39, 0.29) is 11.4 Å². The highest BCUT2D eigenvalue weighted by atomic mass is 16.5. The molecule has 0 aromatic heterocycles. The maximum Gasteiger partial charge on any atom is 0.343 e. The molecule has 9 rings (SSSR count). The SMILES string of the molecule is CCc1ccc(C(C)C)cc1-c1ccc(OC(=O)c2ccc(-c3ccc(N(c4ccc5c(c4)C(C)(C)c4ccccc4-5)c4cc(C)c5ccccc5c4)cc3)cc2)cc1. The highest BCUT2D eigenvalue weighted by Crippen LogP contribution is 2.51. The molecular formula is C56H49NO2. The normalized spacial score (nSPS) is 12.7. The molecule has 3 nitrogen and oxygen atoms in total. The van der Waals surface area contributed by atoms with E-state index >= 15 is 0 Å². The lowest BCUT2D eigenvalue weighted by molar-refractivity contribution is 0.0734. The summed E-state index contributed by atoms with van der Waals surface area (Å²) < 4.78 is 5.83. The molecule has 0 N–H and O–H groups in total. The Morgan fingerprint density at radius 3 is 1.97 bits per heavy atom. The predicted octanol–water partition coefficient (Wildman–Crippen LogP) is 15.2. The Hall–Kier alpha value is -6.71. The van der Waals surface area contributed by atoms with Crippen molar-refractivity contribution in [3.8, 4) is 39.1 Å². The van der Waals surface area contributed by atoms with Gasteiger partial charge in [-0.25, -0.2) is 4.79 Å². The number of ether oxygens (including phenoxy) is 1. The van der Waals surface area contributed by atoms with E-state index in [9.17, 15) is 4.79 Å². The first kappa shape index (κ1) is 37.8. The summed E-state index contributed by atoms with van der Waals surface area (Å²) in [6.45, 7) is 13.5. The smallest absolute Gasteiger partial charge is 0.343 e. The van der Waals surface area contributed by atoms with E-state index in [0.717, 1.165) is 40.2 Å². The van der Waals surface area contributed by atoms with Crippen molar-refractivity contribution in [2.24, 2.45) is 0 Å². The predicted molar refractivity (Wildman–Crippen MR) is 247 cm³/mol. The molecule has 290 valence electrons. The lowest BCUT2D eigenvalue weighted by Crippen LogP contribution is -2.16. The molecule has 0 saturated carbocycles. The second-order valence-corrected chi connectivity index (χ2v) is 16.7. The number of hydrogen-bond donors (Lipinski definition) is 0. The van der Waals surface area contributed by atoms with Gasteiger partial charge in [-0.2, -0.15) is 0 Å². The number of nitrogens with zero attached hydrogens (tertiary/aromatic N) is 1. The zero-order valence-corrected chi connectivity index (χ0v) is 34.7. The molecule has 0 bridgehead atoms. The lowest BCUT2D eigenvalue weighted by Gasteiger charge is -2.29. The van der Waals surface area contributed by atoms with Gasteiger partial charge in [-0.05, 0) is 152 Å². The first-order valence-corrected chi connectivity index (χ1v) is 20.8. The third-order valence-corrected chi connectivity index (χ3v) is 12.3.